The van der Waals surface area contributed by atoms with Crippen molar-refractivity contribution >= 4 is 50.4 Å². The molecular formula is C26H22NOS2+. The van der Waals surface area contributed by atoms with Gasteiger partial charge in [0.1, 0.15) is 4.20 Å². The quantitative estimate of drug-likeness (QED) is 0.168. The highest BCUT2D eigenvalue weighted by molar-refractivity contribution is 8.23. The molecule has 148 valence electrons. The number of nitrogens with zero attached hydrogens (tertiary/aromatic N) is 1. The summed E-state index contributed by atoms with van der Waals surface area (Å²) in [6.45, 7) is 2.04. The lowest BCUT2D eigenvalue weighted by Gasteiger charge is -2.09. The van der Waals surface area contributed by atoms with Crippen molar-refractivity contribution in [1.29, 1.82) is 0 Å². The predicted molar refractivity (Wildman–Crippen MR) is 131 cm³/mol. The fourth-order valence-corrected chi connectivity index (χ4v) is 4.59. The number of hydrogen-bond acceptors (Lipinski definition) is 3. The van der Waals surface area contributed by atoms with Crippen LogP contribution < -0.4 is 4.57 Å². The number of benzene rings is 3. The number of hydrogen-bond donors (Lipinski definition) is 1. The zero-order valence-corrected chi connectivity index (χ0v) is 18.3. The second-order valence-electron chi connectivity index (χ2n) is 7.06. The summed E-state index contributed by atoms with van der Waals surface area (Å²) in [5, 5.41) is 13.6. The minimum absolute atomic E-state index is 0.180. The Balaban J connectivity index is 1.68. The number of rotatable bonds is 5. The van der Waals surface area contributed by atoms with Gasteiger partial charge >= 0.3 is 0 Å². The van der Waals surface area contributed by atoms with Crippen molar-refractivity contribution in [3.05, 3.63) is 114 Å². The van der Waals surface area contributed by atoms with Crippen LogP contribution in [0.25, 0.3) is 22.2 Å². The molecule has 1 aromatic heterocycles. The molecule has 0 saturated heterocycles. The zero-order valence-electron chi connectivity index (χ0n) is 16.7. The highest BCUT2D eigenvalue weighted by atomic mass is 32.2. The van der Waals surface area contributed by atoms with Crippen LogP contribution in [0.3, 0.4) is 0 Å². The van der Waals surface area contributed by atoms with Crippen molar-refractivity contribution in [3.8, 4) is 0 Å². The Bertz CT molecular complexity index is 1210. The van der Waals surface area contributed by atoms with E-state index < -0.39 is 0 Å². The first-order valence-corrected chi connectivity index (χ1v) is 11.1. The predicted octanol–water partition coefficient (Wildman–Crippen LogP) is 6.58. The molecule has 4 heteroatoms. The van der Waals surface area contributed by atoms with Crippen LogP contribution in [0.4, 0.5) is 0 Å². The Kier molecular flexibility index (Phi) is 6.26. The van der Waals surface area contributed by atoms with Gasteiger partial charge in [-0.3, -0.25) is 0 Å². The molecule has 0 spiro atoms. The summed E-state index contributed by atoms with van der Waals surface area (Å²) in [7, 11) is 0. The zero-order chi connectivity index (χ0) is 20.9. The molecule has 0 radical (unpaired) electrons. The Morgan fingerprint density at radius 3 is 2.30 bits per heavy atom. The molecular weight excluding hydrogens is 406 g/mol. The average molecular weight is 429 g/mol. The minimum Gasteiger partial charge on any atom is -0.502 e. The molecule has 4 rings (SSSR count). The van der Waals surface area contributed by atoms with E-state index in [1.807, 2.05) is 66.3 Å². The van der Waals surface area contributed by atoms with Gasteiger partial charge in [-0.25, -0.2) is 0 Å². The maximum absolute atomic E-state index is 11.1. The lowest BCUT2D eigenvalue weighted by molar-refractivity contribution is -0.575. The smallest absolute Gasteiger partial charge is 0.278 e. The van der Waals surface area contributed by atoms with Gasteiger partial charge in [-0.05, 0) is 28.8 Å². The molecule has 0 aliphatic carbocycles. The molecule has 1 N–H and O–H groups in total. The fraction of sp³-hybridized carbons (Fsp3) is 0.0769. The van der Waals surface area contributed by atoms with Crippen LogP contribution in [0.15, 0.2) is 97.3 Å². The standard InChI is InChI=1S/C26H21NOS2/c1-19-14-16-27(17-15-19)24(25(28)21-9-3-2-4-10-21)26(29)30-18-22-12-7-11-20-8-5-6-13-23(20)22/h2-17H,18H2,1H3/p+1. The summed E-state index contributed by atoms with van der Waals surface area (Å²) < 4.78 is 2.55. The molecule has 3 aromatic carbocycles. The van der Waals surface area contributed by atoms with Crippen molar-refractivity contribution < 1.29 is 9.67 Å². The summed E-state index contributed by atoms with van der Waals surface area (Å²) >= 11 is 7.38. The molecule has 0 bridgehead atoms. The van der Waals surface area contributed by atoms with Crippen molar-refractivity contribution in [2.75, 3.05) is 0 Å². The van der Waals surface area contributed by atoms with Gasteiger partial charge in [0.2, 0.25) is 0 Å². The van der Waals surface area contributed by atoms with Gasteiger partial charge in [0.05, 0.1) is 0 Å². The van der Waals surface area contributed by atoms with E-state index in [4.69, 9.17) is 12.2 Å². The molecule has 0 aliphatic heterocycles. The van der Waals surface area contributed by atoms with Crippen molar-refractivity contribution in [2.24, 2.45) is 0 Å². The number of thiocarbonyl (C=S) groups is 1. The van der Waals surface area contributed by atoms with E-state index in [0.717, 1.165) is 16.9 Å². The number of thioether (sulfide) groups is 1. The van der Waals surface area contributed by atoms with E-state index in [2.05, 4.69) is 42.5 Å². The van der Waals surface area contributed by atoms with Crippen molar-refractivity contribution in [1.82, 2.24) is 0 Å². The summed E-state index contributed by atoms with van der Waals surface area (Å²) in [5.41, 5.74) is 3.75. The number of aromatic nitrogens is 1. The average Bonchev–Trinajstić information content (AvgIpc) is 2.79. The lowest BCUT2D eigenvalue weighted by atomic mass is 10.1. The first-order valence-electron chi connectivity index (χ1n) is 9.74. The Hall–Kier alpha value is -2.95. The molecule has 0 atom stereocenters. The Labute approximate surface area is 186 Å². The van der Waals surface area contributed by atoms with E-state index in [-0.39, 0.29) is 5.76 Å². The van der Waals surface area contributed by atoms with Crippen molar-refractivity contribution in [3.63, 3.8) is 0 Å². The third kappa shape index (κ3) is 4.45. The van der Waals surface area contributed by atoms with Crippen LogP contribution in [0.2, 0.25) is 0 Å². The normalized spacial score (nSPS) is 11.9. The van der Waals surface area contributed by atoms with Crippen molar-refractivity contribution in [2.45, 2.75) is 12.7 Å². The number of fused-ring (bicyclic) bond motifs is 1. The maximum Gasteiger partial charge on any atom is 0.278 e. The molecule has 2 nitrogen and oxygen atoms in total. The summed E-state index contributed by atoms with van der Waals surface area (Å²) in [6, 6.07) is 28.3. The SMILES string of the molecule is Cc1cc[n+](/C(C(=S)SCc2cccc3ccccc23)=C(/O)c2ccccc2)cc1. The monoisotopic (exact) mass is 428 g/mol. The van der Waals surface area contributed by atoms with Gasteiger partial charge in [-0.2, -0.15) is 4.57 Å². The van der Waals surface area contributed by atoms with Crippen LogP contribution in [-0.2, 0) is 5.75 Å². The molecule has 0 amide bonds. The second-order valence-corrected chi connectivity index (χ2v) is 8.71. The van der Waals surface area contributed by atoms with E-state index in [1.54, 1.807) is 11.8 Å². The topological polar surface area (TPSA) is 24.1 Å². The van der Waals surface area contributed by atoms with Gasteiger partial charge in [0, 0.05) is 23.4 Å². The maximum atomic E-state index is 11.1. The highest BCUT2D eigenvalue weighted by Crippen LogP contribution is 2.27. The lowest BCUT2D eigenvalue weighted by Crippen LogP contribution is -2.35. The van der Waals surface area contributed by atoms with E-state index in [0.29, 0.717) is 9.89 Å². The van der Waals surface area contributed by atoms with E-state index in [1.165, 1.54) is 16.3 Å². The Morgan fingerprint density at radius 1 is 0.867 bits per heavy atom. The van der Waals surface area contributed by atoms with Gasteiger partial charge in [-0.15, -0.1) is 11.8 Å². The second kappa shape index (κ2) is 9.24. The fourth-order valence-electron chi connectivity index (χ4n) is 3.34. The molecule has 0 aliphatic rings. The first kappa shape index (κ1) is 20.3. The molecule has 30 heavy (non-hydrogen) atoms. The van der Waals surface area contributed by atoms with Gasteiger partial charge < -0.3 is 5.11 Å². The van der Waals surface area contributed by atoms with Gasteiger partial charge in [0.25, 0.3) is 5.70 Å². The van der Waals surface area contributed by atoms with E-state index >= 15 is 0 Å². The first-order chi connectivity index (χ1) is 14.6. The Morgan fingerprint density at radius 2 is 1.53 bits per heavy atom. The number of aliphatic hydroxyl groups excluding tert-OH is 1. The molecule has 1 heterocycles. The van der Waals surface area contributed by atoms with Gasteiger partial charge in [-0.1, -0.05) is 85.0 Å². The third-order valence-electron chi connectivity index (χ3n) is 4.96. The number of pyridine rings is 1. The largest absolute Gasteiger partial charge is 0.502 e. The van der Waals surface area contributed by atoms with Crippen LogP contribution in [-0.4, -0.2) is 9.30 Å². The number of aliphatic hydroxyl groups is 1. The molecule has 0 fully saturated rings. The van der Waals surface area contributed by atoms with Gasteiger partial charge in [0.15, 0.2) is 18.2 Å². The minimum atomic E-state index is 0.180. The number of aryl methyl sites for hydroxylation is 1. The van der Waals surface area contributed by atoms with Crippen LogP contribution >= 0.6 is 24.0 Å². The molecule has 4 aromatic rings. The summed E-state index contributed by atoms with van der Waals surface area (Å²) in [6.07, 6.45) is 3.88. The highest BCUT2D eigenvalue weighted by Gasteiger charge is 2.24. The van der Waals surface area contributed by atoms with Crippen LogP contribution in [0.1, 0.15) is 16.7 Å². The van der Waals surface area contributed by atoms with Crippen LogP contribution in [0.5, 0.6) is 0 Å². The molecule has 0 saturated carbocycles. The van der Waals surface area contributed by atoms with Crippen LogP contribution in [0, 0.1) is 6.92 Å². The molecule has 0 unspecified atom stereocenters. The van der Waals surface area contributed by atoms with E-state index in [9.17, 15) is 5.11 Å². The summed E-state index contributed by atoms with van der Waals surface area (Å²) in [5.74, 6) is 0.915. The summed E-state index contributed by atoms with van der Waals surface area (Å²) in [4.78, 5) is 0. The third-order valence-corrected chi connectivity index (χ3v) is 6.42.